The number of carbonyl (C=O) groups excluding carboxylic acids is 2. The van der Waals surface area contributed by atoms with Gasteiger partial charge in [0.1, 0.15) is 0 Å². The molecule has 196 valence electrons. The third-order valence-electron chi connectivity index (χ3n) is 5.73. The number of thiazole rings is 1. The van der Waals surface area contributed by atoms with Crippen LogP contribution in [-0.2, 0) is 15.1 Å². The number of nitrogens with zero attached hydrogens (tertiary/aromatic N) is 2. The van der Waals surface area contributed by atoms with Crippen molar-refractivity contribution in [2.45, 2.75) is 92.7 Å². The summed E-state index contributed by atoms with van der Waals surface area (Å²) in [4.78, 5) is 29.5. The van der Waals surface area contributed by atoms with Crippen LogP contribution in [0.5, 0.6) is 0 Å². The second-order valence-corrected chi connectivity index (χ2v) is 10.6. The third-order valence-corrected chi connectivity index (χ3v) is 6.71. The van der Waals surface area contributed by atoms with E-state index in [1.165, 1.54) is 16.0 Å². The van der Waals surface area contributed by atoms with Crippen LogP contribution >= 0.6 is 11.3 Å². The summed E-state index contributed by atoms with van der Waals surface area (Å²) >= 11 is 1.66. The van der Waals surface area contributed by atoms with Gasteiger partial charge in [0.15, 0.2) is 0 Å². The number of likely N-dealkylation sites (tertiary alicyclic amines) is 1. The van der Waals surface area contributed by atoms with Crippen molar-refractivity contribution in [3.05, 3.63) is 41.0 Å². The fourth-order valence-corrected chi connectivity index (χ4v) is 4.62. The van der Waals surface area contributed by atoms with Crippen LogP contribution in [0.2, 0.25) is 0 Å². The van der Waals surface area contributed by atoms with Crippen LogP contribution in [0.25, 0.3) is 10.4 Å². The number of nitrogens with one attached hydrogen (secondary N) is 1. The Morgan fingerprint density at radius 3 is 2.20 bits per heavy atom. The molecular weight excluding hydrogens is 458 g/mol. The molecule has 2 heterocycles. The van der Waals surface area contributed by atoms with Gasteiger partial charge in [0, 0.05) is 19.5 Å². The van der Waals surface area contributed by atoms with Crippen LogP contribution in [0.15, 0.2) is 29.8 Å². The van der Waals surface area contributed by atoms with Crippen molar-refractivity contribution in [1.29, 1.82) is 0 Å². The molecule has 7 heteroatoms. The van der Waals surface area contributed by atoms with E-state index >= 15 is 0 Å². The van der Waals surface area contributed by atoms with E-state index in [-0.39, 0.29) is 23.0 Å². The number of hydrogen-bond acceptors (Lipinski definition) is 5. The molecule has 0 spiro atoms. The Kier molecular flexibility index (Phi) is 12.6. The quantitative estimate of drug-likeness (QED) is 0.496. The van der Waals surface area contributed by atoms with Crippen LogP contribution in [-0.4, -0.2) is 46.5 Å². The van der Waals surface area contributed by atoms with Crippen molar-refractivity contribution in [3.8, 4) is 10.4 Å². The highest BCUT2D eigenvalue weighted by molar-refractivity contribution is 7.13. The zero-order valence-corrected chi connectivity index (χ0v) is 23.7. The summed E-state index contributed by atoms with van der Waals surface area (Å²) in [6, 6.07) is 8.45. The molecule has 1 atom stereocenters. The number of hydrogen-bond donors (Lipinski definition) is 2. The lowest BCUT2D eigenvalue weighted by atomic mass is 9.92. The van der Waals surface area contributed by atoms with Gasteiger partial charge in [0.2, 0.25) is 12.3 Å². The highest BCUT2D eigenvalue weighted by atomic mass is 32.1. The van der Waals surface area contributed by atoms with Crippen LogP contribution in [0.3, 0.4) is 0 Å². The van der Waals surface area contributed by atoms with E-state index in [0.717, 1.165) is 37.9 Å². The highest BCUT2D eigenvalue weighted by Gasteiger charge is 2.43. The van der Waals surface area contributed by atoms with Crippen LogP contribution in [0, 0.1) is 12.3 Å². The molecule has 1 saturated heterocycles. The van der Waals surface area contributed by atoms with Gasteiger partial charge in [-0.2, -0.15) is 0 Å². The predicted octanol–water partition coefficient (Wildman–Crippen LogP) is 5.92. The second kappa shape index (κ2) is 14.3. The molecule has 1 aromatic heterocycles. The van der Waals surface area contributed by atoms with Crippen molar-refractivity contribution in [2.24, 2.45) is 5.41 Å². The number of aromatic nitrogens is 1. The maximum Gasteiger partial charge on any atom is 0.223 e. The van der Waals surface area contributed by atoms with Crippen molar-refractivity contribution in [3.63, 3.8) is 0 Å². The lowest BCUT2D eigenvalue weighted by molar-refractivity contribution is -0.132. The third kappa shape index (κ3) is 9.37. The number of aliphatic hydroxyl groups excluding tert-OH is 1. The van der Waals surface area contributed by atoms with E-state index < -0.39 is 0 Å². The molecule has 4 rings (SSSR count). The average Bonchev–Trinajstić information content (AvgIpc) is 3.27. The smallest absolute Gasteiger partial charge is 0.223 e. The summed E-state index contributed by atoms with van der Waals surface area (Å²) in [6.07, 6.45) is 3.86. The minimum Gasteiger partial charge on any atom is -0.391 e. The van der Waals surface area contributed by atoms with E-state index in [9.17, 15) is 14.7 Å². The van der Waals surface area contributed by atoms with Gasteiger partial charge < -0.3 is 15.3 Å². The predicted molar refractivity (Wildman–Crippen MR) is 146 cm³/mol. The molecule has 1 aliphatic carbocycles. The molecule has 6 nitrogen and oxygen atoms in total. The van der Waals surface area contributed by atoms with Gasteiger partial charge >= 0.3 is 0 Å². The molecule has 1 saturated carbocycles. The average molecular weight is 504 g/mol. The van der Waals surface area contributed by atoms with Gasteiger partial charge in [0.25, 0.3) is 0 Å². The highest BCUT2D eigenvalue weighted by Crippen LogP contribution is 2.45. The van der Waals surface area contributed by atoms with E-state index in [1.807, 2.05) is 40.1 Å². The molecule has 0 bridgehead atoms. The number of benzene rings is 1. The maximum atomic E-state index is 11.6. The lowest BCUT2D eigenvalue weighted by Gasteiger charge is -2.22. The van der Waals surface area contributed by atoms with Crippen molar-refractivity contribution in [1.82, 2.24) is 15.2 Å². The number of carbonyl (C=O) groups is 2. The summed E-state index contributed by atoms with van der Waals surface area (Å²) in [5.41, 5.74) is 5.28. The Bertz CT molecular complexity index is 899. The molecule has 0 radical (unpaired) electrons. The van der Waals surface area contributed by atoms with Gasteiger partial charge in [-0.25, -0.2) is 4.98 Å². The van der Waals surface area contributed by atoms with E-state index in [4.69, 9.17) is 0 Å². The lowest BCUT2D eigenvalue weighted by Crippen LogP contribution is -2.32. The molecule has 1 aromatic carbocycles. The minimum atomic E-state index is -0.302. The fourth-order valence-electron chi connectivity index (χ4n) is 3.81. The van der Waals surface area contributed by atoms with Gasteiger partial charge in [-0.15, -0.1) is 11.3 Å². The summed E-state index contributed by atoms with van der Waals surface area (Å²) in [5.74, 6) is 0.170. The number of aryl methyl sites for hydroxylation is 1. The Labute approximate surface area is 216 Å². The first-order valence-electron chi connectivity index (χ1n) is 12.8. The molecular formula is C28H45N3O3S. The number of rotatable bonds is 5. The van der Waals surface area contributed by atoms with Crippen molar-refractivity contribution < 1.29 is 14.7 Å². The topological polar surface area (TPSA) is 82.5 Å². The van der Waals surface area contributed by atoms with Gasteiger partial charge in [-0.3, -0.25) is 9.59 Å². The molecule has 2 aromatic rings. The van der Waals surface area contributed by atoms with Crippen molar-refractivity contribution in [2.75, 3.05) is 13.1 Å². The summed E-state index contributed by atoms with van der Waals surface area (Å²) in [5, 5.41) is 12.2. The van der Waals surface area contributed by atoms with Gasteiger partial charge in [0.05, 0.1) is 27.7 Å². The Morgan fingerprint density at radius 1 is 1.20 bits per heavy atom. The molecule has 1 unspecified atom stereocenters. The van der Waals surface area contributed by atoms with E-state index in [0.29, 0.717) is 13.0 Å². The first-order valence-corrected chi connectivity index (χ1v) is 13.7. The maximum absolute atomic E-state index is 11.6. The SMILES string of the molecule is CC.CC.CC(C)(C)CC(=O)N1CCC(O)C1.Cc1ncsc1-c1ccc(C2(NC=O)CC2)cc1. The summed E-state index contributed by atoms with van der Waals surface area (Å²) in [6.45, 7) is 17.4. The molecule has 2 N–H and O–H groups in total. The minimum absolute atomic E-state index is 0.0463. The standard InChI is InChI=1S/C14H14N2OS.C10H19NO2.2C2H6/c1-10-13(18-9-15-10)11-2-4-12(5-3-11)14(6-7-14)16-8-17;1-10(2,3)6-9(13)11-5-4-8(12)7-11;2*1-2/h2-5,8-9H,6-7H2,1H3,(H,16,17);8,12H,4-7H2,1-3H3;2*1-2H3. The van der Waals surface area contributed by atoms with Gasteiger partial charge in [-0.1, -0.05) is 72.7 Å². The monoisotopic (exact) mass is 503 g/mol. The van der Waals surface area contributed by atoms with E-state index in [1.54, 1.807) is 16.2 Å². The molecule has 2 amide bonds. The van der Waals surface area contributed by atoms with Crippen LogP contribution in [0.4, 0.5) is 0 Å². The molecule has 2 fully saturated rings. The summed E-state index contributed by atoms with van der Waals surface area (Å²) < 4.78 is 0. The Hall–Kier alpha value is -2.25. The first-order chi connectivity index (χ1) is 16.6. The normalized spacial score (nSPS) is 17.5. The zero-order chi connectivity index (χ0) is 26.6. The number of β-amino-alcohol motifs (C(OH)–C–C–N with tert-alkyl or cyclic N) is 1. The number of amides is 2. The molecule has 1 aliphatic heterocycles. The Morgan fingerprint density at radius 2 is 1.80 bits per heavy atom. The first kappa shape index (κ1) is 30.8. The van der Waals surface area contributed by atoms with E-state index in [2.05, 4.69) is 55.3 Å². The van der Waals surface area contributed by atoms with Crippen LogP contribution in [0.1, 0.15) is 85.4 Å². The zero-order valence-electron chi connectivity index (χ0n) is 22.9. The Balaban J connectivity index is 0.000000320. The van der Waals surface area contributed by atoms with Gasteiger partial charge in [-0.05, 0) is 42.7 Å². The van der Waals surface area contributed by atoms with Crippen LogP contribution < -0.4 is 5.32 Å². The fraction of sp³-hybridized carbons (Fsp3) is 0.607. The number of aliphatic hydroxyl groups is 1. The van der Waals surface area contributed by atoms with Crippen molar-refractivity contribution >= 4 is 23.7 Å². The molecule has 35 heavy (non-hydrogen) atoms. The summed E-state index contributed by atoms with van der Waals surface area (Å²) in [7, 11) is 0. The second-order valence-electron chi connectivity index (χ2n) is 9.71. The molecule has 2 aliphatic rings. The largest absolute Gasteiger partial charge is 0.391 e.